The molecule has 0 heterocycles. The fourth-order valence-electron chi connectivity index (χ4n) is 1.83. The standard InChI is InChI=1S/C15H24O3/c1-4-11(3)13(7-6-10-16)14(5-2)18-15(17)12-8-9-12/h6-7,12,14,16H,4-5,8-10H2,1-3H3/b7-6-,13-11+. The van der Waals surface area contributed by atoms with Crippen molar-refractivity contribution >= 4 is 5.97 Å². The minimum Gasteiger partial charge on any atom is -0.457 e. The third kappa shape index (κ3) is 4.30. The summed E-state index contributed by atoms with van der Waals surface area (Å²) >= 11 is 0. The van der Waals surface area contributed by atoms with Crippen molar-refractivity contribution in [1.29, 1.82) is 0 Å². The number of aliphatic hydroxyl groups excluding tert-OH is 1. The zero-order chi connectivity index (χ0) is 13.5. The molecular formula is C15H24O3. The van der Waals surface area contributed by atoms with Gasteiger partial charge in [0.1, 0.15) is 6.10 Å². The molecule has 0 bridgehead atoms. The van der Waals surface area contributed by atoms with Gasteiger partial charge in [-0.05, 0) is 38.2 Å². The number of carbonyl (C=O) groups excluding carboxylic acids is 1. The first kappa shape index (κ1) is 15.0. The van der Waals surface area contributed by atoms with Crippen molar-refractivity contribution in [2.75, 3.05) is 6.61 Å². The molecule has 0 saturated heterocycles. The first-order chi connectivity index (χ1) is 8.63. The van der Waals surface area contributed by atoms with E-state index in [1.54, 1.807) is 6.08 Å². The Morgan fingerprint density at radius 2 is 2.11 bits per heavy atom. The van der Waals surface area contributed by atoms with Gasteiger partial charge in [0.2, 0.25) is 0 Å². The Kier molecular flexibility index (Phi) is 6.13. The van der Waals surface area contributed by atoms with Crippen LogP contribution in [0.25, 0.3) is 0 Å². The van der Waals surface area contributed by atoms with E-state index < -0.39 is 0 Å². The van der Waals surface area contributed by atoms with E-state index in [-0.39, 0.29) is 24.6 Å². The SMILES string of the molecule is CC/C(C)=C(\C=C/CO)C(CC)OC(=O)C1CC1. The number of ether oxygens (including phenoxy) is 1. The average Bonchev–Trinajstić information content (AvgIpc) is 3.21. The molecule has 3 nitrogen and oxygen atoms in total. The van der Waals surface area contributed by atoms with Crippen molar-refractivity contribution < 1.29 is 14.6 Å². The molecule has 0 spiro atoms. The molecule has 102 valence electrons. The summed E-state index contributed by atoms with van der Waals surface area (Å²) in [6.45, 7) is 6.15. The van der Waals surface area contributed by atoms with Gasteiger partial charge < -0.3 is 9.84 Å². The van der Waals surface area contributed by atoms with Gasteiger partial charge in [0.05, 0.1) is 12.5 Å². The molecule has 3 heteroatoms. The van der Waals surface area contributed by atoms with Gasteiger partial charge in [-0.2, -0.15) is 0 Å². The summed E-state index contributed by atoms with van der Waals surface area (Å²) in [5, 5.41) is 8.89. The van der Waals surface area contributed by atoms with Crippen LogP contribution in [0.1, 0.15) is 46.5 Å². The minimum absolute atomic E-state index is 0.00744. The monoisotopic (exact) mass is 252 g/mol. The largest absolute Gasteiger partial charge is 0.457 e. The van der Waals surface area contributed by atoms with E-state index >= 15 is 0 Å². The van der Waals surface area contributed by atoms with Gasteiger partial charge in [-0.3, -0.25) is 4.79 Å². The van der Waals surface area contributed by atoms with Crippen LogP contribution in [0.3, 0.4) is 0 Å². The second kappa shape index (κ2) is 7.37. The molecule has 1 saturated carbocycles. The zero-order valence-electron chi connectivity index (χ0n) is 11.6. The Labute approximate surface area is 110 Å². The van der Waals surface area contributed by atoms with Gasteiger partial charge in [0, 0.05) is 0 Å². The summed E-state index contributed by atoms with van der Waals surface area (Å²) in [4.78, 5) is 11.7. The van der Waals surface area contributed by atoms with Crippen LogP contribution in [-0.2, 0) is 9.53 Å². The number of rotatable bonds is 7. The molecule has 0 radical (unpaired) electrons. The lowest BCUT2D eigenvalue weighted by atomic mass is 9.99. The normalized spacial score (nSPS) is 18.7. The second-order valence-electron chi connectivity index (χ2n) is 4.78. The summed E-state index contributed by atoms with van der Waals surface area (Å²) < 4.78 is 5.58. The summed E-state index contributed by atoms with van der Waals surface area (Å²) in [5.74, 6) is 0.0599. The number of aliphatic hydroxyl groups is 1. The second-order valence-corrected chi connectivity index (χ2v) is 4.78. The first-order valence-corrected chi connectivity index (χ1v) is 6.81. The minimum atomic E-state index is -0.180. The number of hydrogen-bond donors (Lipinski definition) is 1. The van der Waals surface area contributed by atoms with Crippen molar-refractivity contribution in [2.24, 2.45) is 5.92 Å². The van der Waals surface area contributed by atoms with Crippen molar-refractivity contribution in [3.05, 3.63) is 23.3 Å². The predicted octanol–water partition coefficient (Wildman–Crippen LogP) is 2.99. The highest BCUT2D eigenvalue weighted by Crippen LogP contribution is 2.32. The zero-order valence-corrected chi connectivity index (χ0v) is 11.6. The van der Waals surface area contributed by atoms with Gasteiger partial charge in [-0.25, -0.2) is 0 Å². The predicted molar refractivity (Wildman–Crippen MR) is 72.1 cm³/mol. The Balaban J connectivity index is 2.79. The highest BCUT2D eigenvalue weighted by atomic mass is 16.5. The molecule has 1 aliphatic rings. The molecule has 18 heavy (non-hydrogen) atoms. The Morgan fingerprint density at radius 1 is 1.44 bits per heavy atom. The van der Waals surface area contributed by atoms with Gasteiger partial charge >= 0.3 is 5.97 Å². The van der Waals surface area contributed by atoms with Gasteiger partial charge in [-0.1, -0.05) is 31.6 Å². The fourth-order valence-corrected chi connectivity index (χ4v) is 1.83. The average molecular weight is 252 g/mol. The van der Waals surface area contributed by atoms with Gasteiger partial charge in [-0.15, -0.1) is 0 Å². The van der Waals surface area contributed by atoms with E-state index in [2.05, 4.69) is 6.92 Å². The molecule has 1 rings (SSSR count). The highest BCUT2D eigenvalue weighted by molar-refractivity contribution is 5.75. The first-order valence-electron chi connectivity index (χ1n) is 6.81. The van der Waals surface area contributed by atoms with Crippen LogP contribution in [0.4, 0.5) is 0 Å². The topological polar surface area (TPSA) is 46.5 Å². The lowest BCUT2D eigenvalue weighted by Crippen LogP contribution is -2.21. The van der Waals surface area contributed by atoms with Crippen LogP contribution in [0.15, 0.2) is 23.3 Å². The van der Waals surface area contributed by atoms with Crippen LogP contribution in [0, 0.1) is 5.92 Å². The third-order valence-corrected chi connectivity index (χ3v) is 3.31. The lowest BCUT2D eigenvalue weighted by molar-refractivity contribution is -0.148. The van der Waals surface area contributed by atoms with E-state index in [0.29, 0.717) is 0 Å². The van der Waals surface area contributed by atoms with Crippen molar-refractivity contribution in [3.63, 3.8) is 0 Å². The molecule has 0 aromatic rings. The summed E-state index contributed by atoms with van der Waals surface area (Å²) in [5.41, 5.74) is 2.23. The maximum atomic E-state index is 11.7. The fraction of sp³-hybridized carbons (Fsp3) is 0.667. The van der Waals surface area contributed by atoms with E-state index in [9.17, 15) is 4.79 Å². The van der Waals surface area contributed by atoms with Gasteiger partial charge in [0.15, 0.2) is 0 Å². The van der Waals surface area contributed by atoms with Crippen LogP contribution in [-0.4, -0.2) is 23.8 Å². The molecule has 0 aromatic heterocycles. The van der Waals surface area contributed by atoms with Gasteiger partial charge in [0.25, 0.3) is 0 Å². The van der Waals surface area contributed by atoms with E-state index in [0.717, 1.165) is 31.3 Å². The molecule has 0 aliphatic heterocycles. The quantitative estimate of drug-likeness (QED) is 0.559. The summed E-state index contributed by atoms with van der Waals surface area (Å²) in [6, 6.07) is 0. The molecule has 1 aliphatic carbocycles. The van der Waals surface area contributed by atoms with Crippen LogP contribution in [0.5, 0.6) is 0 Å². The van der Waals surface area contributed by atoms with Crippen molar-refractivity contribution in [3.8, 4) is 0 Å². The molecule has 1 unspecified atom stereocenters. The maximum Gasteiger partial charge on any atom is 0.309 e. The maximum absolute atomic E-state index is 11.7. The Morgan fingerprint density at radius 3 is 2.56 bits per heavy atom. The lowest BCUT2D eigenvalue weighted by Gasteiger charge is -2.20. The highest BCUT2D eigenvalue weighted by Gasteiger charge is 2.33. The smallest absolute Gasteiger partial charge is 0.309 e. The number of hydrogen-bond acceptors (Lipinski definition) is 3. The van der Waals surface area contributed by atoms with E-state index in [1.807, 2.05) is 19.9 Å². The Bertz CT molecular complexity index is 338. The molecule has 1 atom stereocenters. The molecule has 1 fully saturated rings. The molecular weight excluding hydrogens is 228 g/mol. The van der Waals surface area contributed by atoms with Crippen LogP contribution >= 0.6 is 0 Å². The summed E-state index contributed by atoms with van der Waals surface area (Å²) in [7, 11) is 0. The number of esters is 1. The molecule has 0 aromatic carbocycles. The molecule has 1 N–H and O–H groups in total. The number of allylic oxidation sites excluding steroid dienone is 1. The third-order valence-electron chi connectivity index (χ3n) is 3.31. The number of carbonyl (C=O) groups is 1. The van der Waals surface area contributed by atoms with Crippen LogP contribution < -0.4 is 0 Å². The Hall–Kier alpha value is -1.09. The van der Waals surface area contributed by atoms with Crippen molar-refractivity contribution in [2.45, 2.75) is 52.6 Å². The van der Waals surface area contributed by atoms with Crippen LogP contribution in [0.2, 0.25) is 0 Å². The van der Waals surface area contributed by atoms with Crippen molar-refractivity contribution in [1.82, 2.24) is 0 Å². The van der Waals surface area contributed by atoms with E-state index in [4.69, 9.17) is 9.84 Å². The summed E-state index contributed by atoms with van der Waals surface area (Å²) in [6.07, 6.45) is 7.01. The van der Waals surface area contributed by atoms with E-state index in [1.165, 1.54) is 5.57 Å². The molecule has 0 amide bonds.